The van der Waals surface area contributed by atoms with Crippen LogP contribution in [-0.4, -0.2) is 18.0 Å². The molecule has 92 valence electrons. The first-order chi connectivity index (χ1) is 7.99. The molecule has 1 rings (SSSR count). The third kappa shape index (κ3) is 3.23. The fourth-order valence-corrected chi connectivity index (χ4v) is 1.62. The van der Waals surface area contributed by atoms with Crippen LogP contribution < -0.4 is 0 Å². The van der Waals surface area contributed by atoms with Gasteiger partial charge in [-0.2, -0.15) is 4.39 Å². The molecule has 17 heavy (non-hydrogen) atoms. The lowest BCUT2D eigenvalue weighted by Gasteiger charge is -2.05. The lowest BCUT2D eigenvalue weighted by molar-refractivity contribution is -0.387. The molecule has 1 aromatic rings. The van der Waals surface area contributed by atoms with Crippen LogP contribution in [0.4, 0.5) is 10.1 Å². The highest BCUT2D eigenvalue weighted by atomic mass is 79.9. The van der Waals surface area contributed by atoms with Crippen molar-refractivity contribution in [1.29, 1.82) is 0 Å². The summed E-state index contributed by atoms with van der Waals surface area (Å²) in [6, 6.07) is 2.53. The summed E-state index contributed by atoms with van der Waals surface area (Å²) in [5.74, 6) is -1.64. The van der Waals surface area contributed by atoms with Gasteiger partial charge in [0.15, 0.2) is 0 Å². The van der Waals surface area contributed by atoms with E-state index < -0.39 is 22.4 Å². The zero-order valence-electron chi connectivity index (χ0n) is 8.91. The molecular weight excluding hydrogens is 297 g/mol. The summed E-state index contributed by atoms with van der Waals surface area (Å²) in [6.45, 7) is 0. The van der Waals surface area contributed by atoms with Crippen LogP contribution in [0.3, 0.4) is 0 Å². The second-order valence-electron chi connectivity index (χ2n) is 3.23. The van der Waals surface area contributed by atoms with E-state index in [4.69, 9.17) is 0 Å². The number of hydrogen-bond acceptors (Lipinski definition) is 4. The Bertz CT molecular complexity index is 464. The molecule has 7 heteroatoms. The van der Waals surface area contributed by atoms with Gasteiger partial charge in [-0.15, -0.1) is 0 Å². The molecule has 0 N–H and O–H groups in total. The number of nitro benzene ring substituents is 1. The summed E-state index contributed by atoms with van der Waals surface area (Å²) < 4.78 is 18.1. The number of methoxy groups -OCH3 is 1. The molecule has 0 saturated carbocycles. The number of hydrogen-bond donors (Lipinski definition) is 0. The van der Waals surface area contributed by atoms with Gasteiger partial charge in [0.2, 0.25) is 5.82 Å². The predicted octanol–water partition coefficient (Wildman–Crippen LogP) is 2.34. The van der Waals surface area contributed by atoms with E-state index in [1.807, 2.05) is 0 Å². The van der Waals surface area contributed by atoms with Crippen molar-refractivity contribution in [3.05, 3.63) is 39.2 Å². The summed E-state index contributed by atoms with van der Waals surface area (Å²) in [5.41, 5.74) is -0.154. The average molecular weight is 306 g/mol. The lowest BCUT2D eigenvalue weighted by Crippen LogP contribution is -2.08. The van der Waals surface area contributed by atoms with E-state index in [0.29, 0.717) is 10.9 Å². The van der Waals surface area contributed by atoms with Crippen LogP contribution in [0.25, 0.3) is 0 Å². The van der Waals surface area contributed by atoms with Gasteiger partial charge < -0.3 is 4.74 Å². The summed E-state index contributed by atoms with van der Waals surface area (Å²) in [5, 5.41) is 11.0. The van der Waals surface area contributed by atoms with Gasteiger partial charge in [-0.25, -0.2) is 0 Å². The Labute approximate surface area is 105 Å². The molecule has 0 amide bonds. The molecule has 0 unspecified atom stereocenters. The monoisotopic (exact) mass is 305 g/mol. The molecule has 0 fully saturated rings. The fraction of sp³-hybridized carbons (Fsp3) is 0.300. The van der Waals surface area contributed by atoms with Gasteiger partial charge >= 0.3 is 11.7 Å². The Morgan fingerprint density at radius 2 is 2.24 bits per heavy atom. The largest absolute Gasteiger partial charge is 0.469 e. The number of nitrogens with zero attached hydrogens (tertiary/aromatic N) is 1. The molecule has 0 aliphatic carbocycles. The van der Waals surface area contributed by atoms with Gasteiger partial charge in [0.1, 0.15) is 0 Å². The summed E-state index contributed by atoms with van der Waals surface area (Å²) in [4.78, 5) is 20.9. The van der Waals surface area contributed by atoms with Gasteiger partial charge in [0, 0.05) is 17.0 Å². The van der Waals surface area contributed by atoms with Crippen molar-refractivity contribution in [1.82, 2.24) is 0 Å². The van der Waals surface area contributed by atoms with E-state index >= 15 is 0 Å². The van der Waals surface area contributed by atoms with Crippen molar-refractivity contribution in [2.24, 2.45) is 0 Å². The predicted molar refractivity (Wildman–Crippen MR) is 61.4 cm³/mol. The highest BCUT2D eigenvalue weighted by Gasteiger charge is 2.21. The first-order valence-corrected chi connectivity index (χ1v) is 5.70. The van der Waals surface area contributed by atoms with Crippen LogP contribution in [0.1, 0.15) is 11.1 Å². The van der Waals surface area contributed by atoms with Crippen LogP contribution in [0, 0.1) is 15.9 Å². The smallest absolute Gasteiger partial charge is 0.310 e. The second kappa shape index (κ2) is 5.72. The van der Waals surface area contributed by atoms with Crippen molar-refractivity contribution in [2.75, 3.05) is 7.11 Å². The maximum absolute atomic E-state index is 13.7. The Morgan fingerprint density at radius 3 is 2.71 bits per heavy atom. The molecule has 0 radical (unpaired) electrons. The molecule has 0 aliphatic heterocycles. The van der Waals surface area contributed by atoms with Gasteiger partial charge in [-0.3, -0.25) is 14.9 Å². The Balaban J connectivity index is 3.23. The third-order valence-corrected chi connectivity index (χ3v) is 2.75. The highest BCUT2D eigenvalue weighted by molar-refractivity contribution is 9.08. The minimum Gasteiger partial charge on any atom is -0.469 e. The van der Waals surface area contributed by atoms with Crippen LogP contribution in [0.2, 0.25) is 0 Å². The molecule has 0 bridgehead atoms. The zero-order valence-corrected chi connectivity index (χ0v) is 10.5. The molecule has 0 aliphatic rings. The van der Waals surface area contributed by atoms with E-state index in [2.05, 4.69) is 20.7 Å². The molecule has 0 saturated heterocycles. The average Bonchev–Trinajstić information content (AvgIpc) is 2.31. The van der Waals surface area contributed by atoms with E-state index in [1.54, 1.807) is 0 Å². The zero-order chi connectivity index (χ0) is 13.0. The number of rotatable bonds is 4. The van der Waals surface area contributed by atoms with Gasteiger partial charge in [0.25, 0.3) is 0 Å². The number of alkyl halides is 1. The van der Waals surface area contributed by atoms with Crippen LogP contribution in [-0.2, 0) is 21.3 Å². The summed E-state index contributed by atoms with van der Waals surface area (Å²) in [7, 11) is 1.17. The minimum absolute atomic E-state index is 0.0412. The van der Waals surface area contributed by atoms with E-state index in [-0.39, 0.29) is 12.0 Å². The molecule has 0 spiro atoms. The number of carbonyl (C=O) groups is 1. The number of nitro groups is 1. The van der Waals surface area contributed by atoms with E-state index in [0.717, 1.165) is 6.07 Å². The molecule has 5 nitrogen and oxygen atoms in total. The minimum atomic E-state index is -0.995. The molecule has 0 atom stereocenters. The highest BCUT2D eigenvalue weighted by Crippen LogP contribution is 2.24. The standard InChI is InChI=1S/C10H9BrFNO4/c1-17-9(14)4-7-2-6(5-11)3-8(10(7)12)13(15)16/h2-3H,4-5H2,1H3. The fourth-order valence-electron chi connectivity index (χ4n) is 1.30. The first-order valence-electron chi connectivity index (χ1n) is 4.58. The van der Waals surface area contributed by atoms with Crippen molar-refractivity contribution >= 4 is 27.6 Å². The summed E-state index contributed by atoms with van der Waals surface area (Å²) in [6.07, 6.45) is -0.329. The van der Waals surface area contributed by atoms with Crippen molar-refractivity contribution in [2.45, 2.75) is 11.8 Å². The SMILES string of the molecule is COC(=O)Cc1cc(CBr)cc([N+](=O)[O-])c1F. The Hall–Kier alpha value is -1.50. The van der Waals surface area contributed by atoms with Crippen molar-refractivity contribution in [3.8, 4) is 0 Å². The first kappa shape index (κ1) is 13.6. The lowest BCUT2D eigenvalue weighted by atomic mass is 10.1. The topological polar surface area (TPSA) is 69.4 Å². The van der Waals surface area contributed by atoms with Gasteiger partial charge in [0.05, 0.1) is 18.5 Å². The van der Waals surface area contributed by atoms with Crippen LogP contribution in [0.15, 0.2) is 12.1 Å². The molecule has 1 aromatic carbocycles. The molecule has 0 aromatic heterocycles. The third-order valence-electron chi connectivity index (χ3n) is 2.10. The number of halogens is 2. The normalized spacial score (nSPS) is 10.1. The van der Waals surface area contributed by atoms with Gasteiger partial charge in [-0.05, 0) is 5.56 Å². The Morgan fingerprint density at radius 1 is 1.59 bits per heavy atom. The quantitative estimate of drug-likeness (QED) is 0.370. The number of ether oxygens (including phenoxy) is 1. The number of esters is 1. The van der Waals surface area contributed by atoms with Crippen molar-refractivity contribution < 1.29 is 18.8 Å². The van der Waals surface area contributed by atoms with Crippen LogP contribution in [0.5, 0.6) is 0 Å². The molecular formula is C10H9BrFNO4. The number of benzene rings is 1. The van der Waals surface area contributed by atoms with Gasteiger partial charge in [-0.1, -0.05) is 22.0 Å². The Kier molecular flexibility index (Phi) is 4.56. The van der Waals surface area contributed by atoms with Crippen LogP contribution >= 0.6 is 15.9 Å². The second-order valence-corrected chi connectivity index (χ2v) is 3.79. The summed E-state index contributed by atoms with van der Waals surface area (Å²) >= 11 is 3.12. The van der Waals surface area contributed by atoms with E-state index in [1.165, 1.54) is 13.2 Å². The van der Waals surface area contributed by atoms with E-state index in [9.17, 15) is 19.3 Å². The van der Waals surface area contributed by atoms with Crippen molar-refractivity contribution in [3.63, 3.8) is 0 Å². The maximum atomic E-state index is 13.7. The number of carbonyl (C=O) groups excluding carboxylic acids is 1. The maximum Gasteiger partial charge on any atom is 0.310 e. The molecule has 0 heterocycles.